The molecule has 0 N–H and O–H groups in total. The van der Waals surface area contributed by atoms with E-state index in [1.54, 1.807) is 15.8 Å². The third kappa shape index (κ3) is 2.83. The van der Waals surface area contributed by atoms with Gasteiger partial charge in [-0.05, 0) is 58.5 Å². The topological polar surface area (TPSA) is 46.6 Å². The van der Waals surface area contributed by atoms with Crippen molar-refractivity contribution in [1.29, 1.82) is 0 Å². The van der Waals surface area contributed by atoms with Crippen molar-refractivity contribution in [2.75, 3.05) is 26.3 Å². The van der Waals surface area contributed by atoms with Crippen molar-refractivity contribution in [2.24, 2.45) is 11.8 Å². The molecule has 0 saturated carbocycles. The minimum absolute atomic E-state index is 0.431. The first-order chi connectivity index (χ1) is 9.59. The zero-order valence-electron chi connectivity index (χ0n) is 11.1. The van der Waals surface area contributed by atoms with Crippen LogP contribution in [-0.4, -0.2) is 39.0 Å². The molecular formula is C13H18BrNO3S2. The van der Waals surface area contributed by atoms with Gasteiger partial charge >= 0.3 is 0 Å². The van der Waals surface area contributed by atoms with Crippen molar-refractivity contribution in [3.8, 4) is 0 Å². The van der Waals surface area contributed by atoms with E-state index >= 15 is 0 Å². The van der Waals surface area contributed by atoms with Gasteiger partial charge in [0.05, 0.1) is 0 Å². The van der Waals surface area contributed by atoms with Crippen molar-refractivity contribution in [1.82, 2.24) is 4.31 Å². The highest BCUT2D eigenvalue weighted by atomic mass is 79.9. The highest BCUT2D eigenvalue weighted by Gasteiger charge is 2.35. The number of ether oxygens (including phenoxy) is 1. The maximum absolute atomic E-state index is 12.6. The molecule has 3 heterocycles. The second kappa shape index (κ2) is 6.04. The molecule has 1 aromatic heterocycles. The Bertz CT molecular complexity index is 558. The molecule has 0 amide bonds. The van der Waals surface area contributed by atoms with Crippen LogP contribution >= 0.6 is 27.3 Å². The Morgan fingerprint density at radius 3 is 2.55 bits per heavy atom. The van der Waals surface area contributed by atoms with Gasteiger partial charge in [-0.3, -0.25) is 0 Å². The molecule has 0 bridgehead atoms. The number of hydrogen-bond donors (Lipinski definition) is 0. The SMILES string of the molecule is O=S(=O)(c1sccc1Br)N1CCC(C2CCOC2)CC1. The predicted octanol–water partition coefficient (Wildman–Crippen LogP) is 2.95. The second-order valence-electron chi connectivity index (χ2n) is 5.42. The number of nitrogens with zero attached hydrogens (tertiary/aromatic N) is 1. The summed E-state index contributed by atoms with van der Waals surface area (Å²) in [5, 5.41) is 1.81. The molecule has 2 saturated heterocycles. The van der Waals surface area contributed by atoms with Gasteiger partial charge in [-0.2, -0.15) is 4.31 Å². The van der Waals surface area contributed by atoms with Gasteiger partial charge in [0.25, 0.3) is 10.0 Å². The summed E-state index contributed by atoms with van der Waals surface area (Å²) >= 11 is 4.60. The number of thiophene rings is 1. The van der Waals surface area contributed by atoms with Crippen LogP contribution in [0.25, 0.3) is 0 Å². The molecule has 1 aromatic rings. The summed E-state index contributed by atoms with van der Waals surface area (Å²) in [7, 11) is -3.32. The van der Waals surface area contributed by atoms with Crippen LogP contribution in [-0.2, 0) is 14.8 Å². The molecular weight excluding hydrogens is 362 g/mol. The fraction of sp³-hybridized carbons (Fsp3) is 0.692. The van der Waals surface area contributed by atoms with Gasteiger partial charge in [-0.1, -0.05) is 0 Å². The number of halogens is 1. The van der Waals surface area contributed by atoms with Gasteiger partial charge in [0.1, 0.15) is 4.21 Å². The number of hydrogen-bond acceptors (Lipinski definition) is 4. The fourth-order valence-corrected chi connectivity index (χ4v) is 7.01. The summed E-state index contributed by atoms with van der Waals surface area (Å²) in [6.07, 6.45) is 3.04. The summed E-state index contributed by atoms with van der Waals surface area (Å²) in [4.78, 5) is 0. The van der Waals surface area contributed by atoms with Gasteiger partial charge in [0, 0.05) is 30.8 Å². The van der Waals surface area contributed by atoms with Crippen LogP contribution in [0.15, 0.2) is 20.1 Å². The Morgan fingerprint density at radius 1 is 1.25 bits per heavy atom. The summed E-state index contributed by atoms with van der Waals surface area (Å²) in [5.74, 6) is 1.25. The van der Waals surface area contributed by atoms with Crippen molar-refractivity contribution >= 4 is 37.3 Å². The number of rotatable bonds is 3. The van der Waals surface area contributed by atoms with Gasteiger partial charge in [-0.25, -0.2) is 8.42 Å². The van der Waals surface area contributed by atoms with E-state index in [0.717, 1.165) is 32.5 Å². The monoisotopic (exact) mass is 379 g/mol. The zero-order valence-corrected chi connectivity index (χ0v) is 14.3. The Kier molecular flexibility index (Phi) is 4.52. The third-order valence-corrected chi connectivity index (χ3v) is 8.83. The Morgan fingerprint density at radius 2 is 2.00 bits per heavy atom. The lowest BCUT2D eigenvalue weighted by Gasteiger charge is -2.33. The van der Waals surface area contributed by atoms with E-state index < -0.39 is 10.0 Å². The average molecular weight is 380 g/mol. The quantitative estimate of drug-likeness (QED) is 0.810. The van der Waals surface area contributed by atoms with Crippen molar-refractivity contribution in [3.05, 3.63) is 15.9 Å². The van der Waals surface area contributed by atoms with Crippen LogP contribution in [0.1, 0.15) is 19.3 Å². The lowest BCUT2D eigenvalue weighted by molar-refractivity contribution is 0.151. The summed E-state index contributed by atoms with van der Waals surface area (Å²) in [6.45, 7) is 2.99. The summed E-state index contributed by atoms with van der Waals surface area (Å²) < 4.78 is 33.3. The molecule has 0 aromatic carbocycles. The van der Waals surface area contributed by atoms with Crippen molar-refractivity contribution in [3.63, 3.8) is 0 Å². The Labute approximate surface area is 132 Å². The lowest BCUT2D eigenvalue weighted by atomic mass is 9.84. The summed E-state index contributed by atoms with van der Waals surface area (Å²) in [6, 6.07) is 1.79. The second-order valence-corrected chi connectivity index (χ2v) is 9.32. The van der Waals surface area contributed by atoms with Gasteiger partial charge in [-0.15, -0.1) is 11.3 Å². The molecule has 3 rings (SSSR count). The fourth-order valence-electron chi connectivity index (χ4n) is 3.09. The first kappa shape index (κ1) is 15.0. The highest BCUT2D eigenvalue weighted by Crippen LogP contribution is 2.35. The van der Waals surface area contributed by atoms with E-state index in [1.807, 2.05) is 0 Å². The van der Waals surface area contributed by atoms with E-state index in [4.69, 9.17) is 4.74 Å². The molecule has 20 heavy (non-hydrogen) atoms. The van der Waals surface area contributed by atoms with Crippen LogP contribution in [0.4, 0.5) is 0 Å². The van der Waals surface area contributed by atoms with Crippen LogP contribution in [0.2, 0.25) is 0 Å². The Balaban J connectivity index is 1.67. The van der Waals surface area contributed by atoms with E-state index in [2.05, 4.69) is 15.9 Å². The number of sulfonamides is 1. The lowest BCUT2D eigenvalue weighted by Crippen LogP contribution is -2.40. The third-order valence-electron chi connectivity index (χ3n) is 4.29. The minimum atomic E-state index is -3.32. The maximum Gasteiger partial charge on any atom is 0.253 e. The predicted molar refractivity (Wildman–Crippen MR) is 82.4 cm³/mol. The first-order valence-electron chi connectivity index (χ1n) is 6.90. The highest BCUT2D eigenvalue weighted by molar-refractivity contribution is 9.10. The molecule has 0 aliphatic carbocycles. The van der Waals surface area contributed by atoms with E-state index in [1.165, 1.54) is 11.3 Å². The molecule has 0 spiro atoms. The van der Waals surface area contributed by atoms with E-state index in [-0.39, 0.29) is 0 Å². The molecule has 112 valence electrons. The smallest absolute Gasteiger partial charge is 0.253 e. The van der Waals surface area contributed by atoms with Crippen LogP contribution in [0.3, 0.4) is 0 Å². The Hall–Kier alpha value is 0.0500. The number of piperidine rings is 1. The minimum Gasteiger partial charge on any atom is -0.381 e. The molecule has 2 fully saturated rings. The van der Waals surface area contributed by atoms with Crippen LogP contribution in [0, 0.1) is 11.8 Å². The molecule has 1 atom stereocenters. The molecule has 2 aliphatic rings. The van der Waals surface area contributed by atoms with Crippen molar-refractivity contribution < 1.29 is 13.2 Å². The zero-order chi connectivity index (χ0) is 14.2. The largest absolute Gasteiger partial charge is 0.381 e. The first-order valence-corrected chi connectivity index (χ1v) is 10.0. The molecule has 0 radical (unpaired) electrons. The van der Waals surface area contributed by atoms with Crippen molar-refractivity contribution in [2.45, 2.75) is 23.5 Å². The average Bonchev–Trinajstić information content (AvgIpc) is 3.10. The normalized spacial score (nSPS) is 26.1. The molecule has 2 aliphatic heterocycles. The summed E-state index contributed by atoms with van der Waals surface area (Å²) in [5.41, 5.74) is 0. The molecule has 1 unspecified atom stereocenters. The van der Waals surface area contributed by atoms with E-state index in [9.17, 15) is 8.42 Å². The van der Waals surface area contributed by atoms with E-state index in [0.29, 0.717) is 33.6 Å². The van der Waals surface area contributed by atoms with Gasteiger partial charge in [0.2, 0.25) is 0 Å². The van der Waals surface area contributed by atoms with Gasteiger partial charge in [0.15, 0.2) is 0 Å². The molecule has 7 heteroatoms. The molecule has 4 nitrogen and oxygen atoms in total. The maximum atomic E-state index is 12.6. The van der Waals surface area contributed by atoms with Crippen LogP contribution in [0.5, 0.6) is 0 Å². The standard InChI is InChI=1S/C13H18BrNO3S2/c14-12-4-8-19-13(12)20(16,17)15-5-1-10(2-6-15)11-3-7-18-9-11/h4,8,10-11H,1-3,5-7,9H2. The van der Waals surface area contributed by atoms with Gasteiger partial charge < -0.3 is 4.74 Å². The van der Waals surface area contributed by atoms with Crippen LogP contribution < -0.4 is 0 Å².